The fourth-order valence-electron chi connectivity index (χ4n) is 2.97. The molecule has 1 saturated heterocycles. The number of hydrogen-bond donors (Lipinski definition) is 1. The van der Waals surface area contributed by atoms with Gasteiger partial charge in [-0.2, -0.15) is 9.41 Å². The van der Waals surface area contributed by atoms with E-state index in [2.05, 4.69) is 10.5 Å². The number of nitrogens with one attached hydrogen (secondary N) is 1. The molecule has 2 aromatic rings. The number of benzene rings is 2. The molecule has 1 aliphatic heterocycles. The predicted molar refractivity (Wildman–Crippen MR) is 116 cm³/mol. The fourth-order valence-corrected chi connectivity index (χ4v) is 4.40. The van der Waals surface area contributed by atoms with Gasteiger partial charge in [0, 0.05) is 24.7 Å². The third-order valence-electron chi connectivity index (χ3n) is 4.44. The van der Waals surface area contributed by atoms with E-state index < -0.39 is 20.6 Å². The van der Waals surface area contributed by atoms with Crippen molar-refractivity contribution in [1.82, 2.24) is 4.31 Å². The number of nitrogens with zero attached hydrogens (tertiary/aromatic N) is 3. The van der Waals surface area contributed by atoms with Gasteiger partial charge in [-0.3, -0.25) is 15.5 Å². The number of para-hydroxylation sites is 1. The summed E-state index contributed by atoms with van der Waals surface area (Å²) in [5.74, 6) is 0.629. The van der Waals surface area contributed by atoms with Crippen LogP contribution in [0.15, 0.2) is 52.5 Å². The highest BCUT2D eigenvalue weighted by Gasteiger charge is 2.28. The molecule has 0 radical (unpaired) electrons. The lowest BCUT2D eigenvalue weighted by Gasteiger charge is -2.26. The van der Waals surface area contributed by atoms with Crippen molar-refractivity contribution in [2.24, 2.45) is 5.10 Å². The summed E-state index contributed by atoms with van der Waals surface area (Å²) in [7, 11) is -3.85. The van der Waals surface area contributed by atoms with E-state index in [1.165, 1.54) is 22.7 Å². The molecular weight excluding hydrogens is 424 g/mol. The summed E-state index contributed by atoms with van der Waals surface area (Å²) in [5.41, 5.74) is 3.00. The zero-order valence-electron chi connectivity index (χ0n) is 17.2. The fraction of sp³-hybridized carbons (Fsp3) is 0.350. The average Bonchev–Trinajstić information content (AvgIpc) is 2.75. The summed E-state index contributed by atoms with van der Waals surface area (Å²) in [6.07, 6.45) is 1.46. The summed E-state index contributed by atoms with van der Waals surface area (Å²) in [4.78, 5) is 10.8. The highest BCUT2D eigenvalue weighted by molar-refractivity contribution is 7.89. The molecule has 1 aliphatic rings. The van der Waals surface area contributed by atoms with Crippen LogP contribution in [0.1, 0.15) is 19.4 Å². The second-order valence-corrected chi connectivity index (χ2v) is 8.96. The van der Waals surface area contributed by atoms with Crippen molar-refractivity contribution in [3.8, 4) is 5.75 Å². The SMILES string of the molecule is CC(C)Oc1ccccc1/C=N/Nc1ccc(S(=O)(=O)N2CCOCC2)cc1[N+](=O)[O-]. The number of rotatable bonds is 8. The van der Waals surface area contributed by atoms with Gasteiger partial charge in [0.1, 0.15) is 11.4 Å². The van der Waals surface area contributed by atoms with Gasteiger partial charge in [0.05, 0.1) is 35.4 Å². The monoisotopic (exact) mass is 448 g/mol. The number of ether oxygens (including phenoxy) is 2. The Labute approximate surface area is 180 Å². The lowest BCUT2D eigenvalue weighted by Crippen LogP contribution is -2.40. The van der Waals surface area contributed by atoms with Crippen molar-refractivity contribution in [3.05, 3.63) is 58.1 Å². The number of sulfonamides is 1. The maximum atomic E-state index is 12.8. The van der Waals surface area contributed by atoms with Crippen LogP contribution in [0.25, 0.3) is 0 Å². The summed E-state index contributed by atoms with van der Waals surface area (Å²) >= 11 is 0. The highest BCUT2D eigenvalue weighted by Crippen LogP contribution is 2.29. The Balaban J connectivity index is 1.83. The van der Waals surface area contributed by atoms with Crippen molar-refractivity contribution in [2.75, 3.05) is 31.7 Å². The molecule has 166 valence electrons. The molecule has 1 heterocycles. The molecule has 0 amide bonds. The number of morpholine rings is 1. The largest absolute Gasteiger partial charge is 0.490 e. The number of hydrazone groups is 1. The summed E-state index contributed by atoms with van der Waals surface area (Å²) in [6.45, 7) is 4.80. The minimum Gasteiger partial charge on any atom is -0.490 e. The van der Waals surface area contributed by atoms with Crippen LogP contribution in [-0.4, -0.2) is 56.3 Å². The van der Waals surface area contributed by atoms with Crippen molar-refractivity contribution in [3.63, 3.8) is 0 Å². The van der Waals surface area contributed by atoms with Gasteiger partial charge < -0.3 is 9.47 Å². The van der Waals surface area contributed by atoms with E-state index in [1.807, 2.05) is 26.0 Å². The van der Waals surface area contributed by atoms with Crippen molar-refractivity contribution in [2.45, 2.75) is 24.8 Å². The lowest BCUT2D eigenvalue weighted by molar-refractivity contribution is -0.384. The number of anilines is 1. The molecule has 10 nitrogen and oxygen atoms in total. The van der Waals surface area contributed by atoms with Crippen LogP contribution < -0.4 is 10.2 Å². The first-order chi connectivity index (χ1) is 14.8. The first-order valence-electron chi connectivity index (χ1n) is 9.70. The number of nitro groups is 1. The van der Waals surface area contributed by atoms with Crippen molar-refractivity contribution >= 4 is 27.6 Å². The lowest BCUT2D eigenvalue weighted by atomic mass is 10.2. The maximum absolute atomic E-state index is 12.8. The van der Waals surface area contributed by atoms with E-state index in [9.17, 15) is 18.5 Å². The van der Waals surface area contributed by atoms with Crippen LogP contribution in [0.4, 0.5) is 11.4 Å². The van der Waals surface area contributed by atoms with Gasteiger partial charge >= 0.3 is 0 Å². The van der Waals surface area contributed by atoms with Crippen LogP contribution in [0.3, 0.4) is 0 Å². The van der Waals surface area contributed by atoms with Gasteiger partial charge in [-0.1, -0.05) is 12.1 Å². The molecule has 31 heavy (non-hydrogen) atoms. The van der Waals surface area contributed by atoms with Crippen molar-refractivity contribution < 1.29 is 22.8 Å². The third-order valence-corrected chi connectivity index (χ3v) is 6.34. The van der Waals surface area contributed by atoms with Crippen LogP contribution >= 0.6 is 0 Å². The summed E-state index contributed by atoms with van der Waals surface area (Å²) < 4.78 is 37.7. The maximum Gasteiger partial charge on any atom is 0.295 e. The molecule has 0 aromatic heterocycles. The number of hydrogen-bond acceptors (Lipinski definition) is 8. The number of nitro benzene ring substituents is 1. The van der Waals surface area contributed by atoms with Gasteiger partial charge in [0.2, 0.25) is 10.0 Å². The van der Waals surface area contributed by atoms with E-state index in [-0.39, 0.29) is 43.0 Å². The normalized spacial score (nSPS) is 15.3. The van der Waals surface area contributed by atoms with E-state index in [0.717, 1.165) is 6.07 Å². The average molecular weight is 449 g/mol. The summed E-state index contributed by atoms with van der Waals surface area (Å²) in [5, 5.41) is 15.6. The zero-order valence-corrected chi connectivity index (χ0v) is 18.0. The molecule has 1 N–H and O–H groups in total. The molecule has 3 rings (SSSR count). The molecule has 0 spiro atoms. The summed E-state index contributed by atoms with van der Waals surface area (Å²) in [6, 6.07) is 11.0. The van der Waals surface area contributed by atoms with Crippen LogP contribution in [-0.2, 0) is 14.8 Å². The van der Waals surface area contributed by atoms with E-state index in [0.29, 0.717) is 11.3 Å². The Morgan fingerprint density at radius 1 is 1.23 bits per heavy atom. The van der Waals surface area contributed by atoms with Gasteiger partial charge in [-0.25, -0.2) is 8.42 Å². The van der Waals surface area contributed by atoms with E-state index >= 15 is 0 Å². The third kappa shape index (κ3) is 5.57. The highest BCUT2D eigenvalue weighted by atomic mass is 32.2. The van der Waals surface area contributed by atoms with Crippen LogP contribution in [0, 0.1) is 10.1 Å². The Kier molecular flexibility index (Phi) is 7.21. The Morgan fingerprint density at radius 2 is 1.94 bits per heavy atom. The minimum atomic E-state index is -3.85. The topological polar surface area (TPSA) is 123 Å². The first kappa shape index (κ1) is 22.7. The van der Waals surface area contributed by atoms with Crippen LogP contribution in [0.2, 0.25) is 0 Å². The second-order valence-electron chi connectivity index (χ2n) is 7.03. The van der Waals surface area contributed by atoms with Gasteiger partial charge in [0.25, 0.3) is 5.69 Å². The molecule has 0 saturated carbocycles. The standard InChI is InChI=1S/C20H24N4O6S/c1-15(2)30-20-6-4-3-5-16(20)14-21-22-18-8-7-17(13-19(18)24(25)26)31(27,28)23-9-11-29-12-10-23/h3-8,13-15,22H,9-12H2,1-2H3/b21-14+. The molecule has 0 unspecified atom stereocenters. The Hall–Kier alpha value is -3.02. The molecular formula is C20H24N4O6S. The minimum absolute atomic E-state index is 0.0236. The van der Waals surface area contributed by atoms with Gasteiger partial charge in [0.15, 0.2) is 0 Å². The molecule has 0 aliphatic carbocycles. The smallest absolute Gasteiger partial charge is 0.295 e. The van der Waals surface area contributed by atoms with Gasteiger partial charge in [-0.15, -0.1) is 0 Å². The van der Waals surface area contributed by atoms with E-state index in [4.69, 9.17) is 9.47 Å². The quantitative estimate of drug-likeness (QED) is 0.374. The second kappa shape index (κ2) is 9.86. The molecule has 1 fully saturated rings. The van der Waals surface area contributed by atoms with Gasteiger partial charge in [-0.05, 0) is 38.1 Å². The molecule has 2 aromatic carbocycles. The first-order valence-corrected chi connectivity index (χ1v) is 11.1. The Morgan fingerprint density at radius 3 is 2.61 bits per heavy atom. The molecule has 11 heteroatoms. The van der Waals surface area contributed by atoms with E-state index in [1.54, 1.807) is 12.1 Å². The Bertz CT molecular complexity index is 1070. The zero-order chi connectivity index (χ0) is 22.4. The molecule has 0 bridgehead atoms. The van der Waals surface area contributed by atoms with Crippen LogP contribution in [0.5, 0.6) is 5.75 Å². The van der Waals surface area contributed by atoms with Crippen molar-refractivity contribution in [1.29, 1.82) is 0 Å². The predicted octanol–water partition coefficient (Wildman–Crippen LogP) is 2.85. The molecule has 0 atom stereocenters.